The van der Waals surface area contributed by atoms with Crippen LogP contribution in [-0.4, -0.2) is 34.5 Å². The molecule has 3 aliphatic carbocycles. The highest BCUT2D eigenvalue weighted by Gasteiger charge is 2.51. The van der Waals surface area contributed by atoms with Crippen LogP contribution in [0.5, 0.6) is 0 Å². The van der Waals surface area contributed by atoms with Crippen LogP contribution in [0, 0.1) is 29.1 Å². The Morgan fingerprint density at radius 2 is 1.97 bits per heavy atom. The van der Waals surface area contributed by atoms with E-state index in [0.29, 0.717) is 36.2 Å². The number of rotatable bonds is 4. The lowest BCUT2D eigenvalue weighted by molar-refractivity contribution is -0.140. The summed E-state index contributed by atoms with van der Waals surface area (Å²) in [5, 5.41) is 20.2. The van der Waals surface area contributed by atoms with Crippen LogP contribution in [0.4, 0.5) is 0 Å². The summed E-state index contributed by atoms with van der Waals surface area (Å²) < 4.78 is 5.63. The van der Waals surface area contributed by atoms with Crippen molar-refractivity contribution in [3.63, 3.8) is 0 Å². The van der Waals surface area contributed by atoms with Crippen molar-refractivity contribution in [2.45, 2.75) is 90.4 Å². The average Bonchev–Trinajstić information content (AvgIpc) is 3.21. The first kappa shape index (κ1) is 23.5. The maximum atomic E-state index is 11.9. The van der Waals surface area contributed by atoms with Gasteiger partial charge in [-0.1, -0.05) is 51.7 Å². The lowest BCUT2D eigenvalue weighted by atomic mass is 9.60. The molecule has 4 heteroatoms. The van der Waals surface area contributed by atoms with Crippen LogP contribution in [0.25, 0.3) is 0 Å². The van der Waals surface area contributed by atoms with E-state index in [2.05, 4.69) is 46.1 Å². The maximum Gasteiger partial charge on any atom is 0.334 e. The fourth-order valence-corrected chi connectivity index (χ4v) is 7.19. The number of hydrogen-bond acceptors (Lipinski definition) is 4. The minimum absolute atomic E-state index is 0.0360. The van der Waals surface area contributed by atoms with E-state index in [1.54, 1.807) is 0 Å². The van der Waals surface area contributed by atoms with Gasteiger partial charge < -0.3 is 14.9 Å². The number of allylic oxidation sites excluding steroid dienone is 3. The molecule has 0 radical (unpaired) electrons. The highest BCUT2D eigenvalue weighted by Crippen LogP contribution is 2.60. The molecule has 0 amide bonds. The summed E-state index contributed by atoms with van der Waals surface area (Å²) in [5.41, 5.74) is 4.14. The second kappa shape index (κ2) is 8.95. The summed E-state index contributed by atoms with van der Waals surface area (Å²) in [6.07, 6.45) is 11.1. The zero-order valence-electron chi connectivity index (χ0n) is 20.0. The van der Waals surface area contributed by atoms with Gasteiger partial charge in [-0.3, -0.25) is 0 Å². The number of hydrogen-bond donors (Lipinski definition) is 2. The van der Waals surface area contributed by atoms with Crippen molar-refractivity contribution in [2.75, 3.05) is 0 Å². The Bertz CT molecular complexity index is 851. The van der Waals surface area contributed by atoms with E-state index >= 15 is 0 Å². The lowest BCUT2D eigenvalue weighted by Crippen LogP contribution is -2.37. The Kier molecular flexibility index (Phi) is 6.57. The topological polar surface area (TPSA) is 66.8 Å². The highest BCUT2D eigenvalue weighted by atomic mass is 16.6. The minimum atomic E-state index is -0.639. The van der Waals surface area contributed by atoms with Gasteiger partial charge in [0.15, 0.2) is 0 Å². The zero-order valence-corrected chi connectivity index (χ0v) is 20.0. The first-order chi connectivity index (χ1) is 15.1. The van der Waals surface area contributed by atoms with Crippen LogP contribution in [0.3, 0.4) is 0 Å². The summed E-state index contributed by atoms with van der Waals surface area (Å²) in [6.45, 7) is 14.8. The summed E-state index contributed by atoms with van der Waals surface area (Å²) in [6, 6.07) is 0. The highest BCUT2D eigenvalue weighted by molar-refractivity contribution is 5.90. The minimum Gasteiger partial charge on any atom is -0.458 e. The van der Waals surface area contributed by atoms with Crippen LogP contribution < -0.4 is 0 Å². The molecule has 176 valence electrons. The zero-order chi connectivity index (χ0) is 23.2. The number of aliphatic hydroxyl groups excluding tert-OH is 2. The van der Waals surface area contributed by atoms with Crippen molar-refractivity contribution >= 4 is 5.97 Å². The van der Waals surface area contributed by atoms with Gasteiger partial charge in [0.25, 0.3) is 0 Å². The van der Waals surface area contributed by atoms with Gasteiger partial charge in [-0.05, 0) is 79.3 Å². The summed E-state index contributed by atoms with van der Waals surface area (Å²) in [5.74, 6) is 1.58. The lowest BCUT2D eigenvalue weighted by Gasteiger charge is -2.44. The largest absolute Gasteiger partial charge is 0.458 e. The molecule has 0 unspecified atom stereocenters. The molecule has 3 saturated carbocycles. The van der Waals surface area contributed by atoms with E-state index in [9.17, 15) is 15.0 Å². The molecule has 0 aromatic carbocycles. The molecule has 1 heterocycles. The molecular formula is C28H40O4. The Morgan fingerprint density at radius 3 is 2.66 bits per heavy atom. The molecular weight excluding hydrogens is 400 g/mol. The molecule has 4 nitrogen and oxygen atoms in total. The Morgan fingerprint density at radius 1 is 1.22 bits per heavy atom. The van der Waals surface area contributed by atoms with Crippen LogP contribution in [0.2, 0.25) is 0 Å². The molecule has 4 fully saturated rings. The van der Waals surface area contributed by atoms with Crippen molar-refractivity contribution in [2.24, 2.45) is 29.1 Å². The van der Waals surface area contributed by atoms with Crippen LogP contribution in [0.15, 0.2) is 47.6 Å². The van der Waals surface area contributed by atoms with E-state index in [1.165, 1.54) is 31.3 Å². The van der Waals surface area contributed by atoms with E-state index in [-0.39, 0.29) is 23.4 Å². The van der Waals surface area contributed by atoms with E-state index in [4.69, 9.17) is 4.74 Å². The third-order valence-corrected chi connectivity index (χ3v) is 9.22. The fourth-order valence-electron chi connectivity index (χ4n) is 7.19. The van der Waals surface area contributed by atoms with Gasteiger partial charge in [0, 0.05) is 17.9 Å². The standard InChI is InChI=1S/C28H40O4/c1-16(13-26-17(2)18(3)27(31)32-26)23-10-11-24-20(7-6-12-28(23,24)5)8-9-21-14-22(29)15-25(30)19(21)4/h8-9,16-17,22-26,29-30H,3-4,6-7,10-15H2,1-2,5H3/b20-8+,21-9-/t16-,17-,22-,23-,24+,25+,26+,28-/m1/s1. The van der Waals surface area contributed by atoms with Crippen LogP contribution in [-0.2, 0) is 9.53 Å². The van der Waals surface area contributed by atoms with Gasteiger partial charge in [-0.25, -0.2) is 4.79 Å². The first-order valence-electron chi connectivity index (χ1n) is 12.5. The molecule has 1 saturated heterocycles. The number of carbonyl (C=O) groups is 1. The van der Waals surface area contributed by atoms with Crippen molar-refractivity contribution in [3.8, 4) is 0 Å². The van der Waals surface area contributed by atoms with Gasteiger partial charge in [0.1, 0.15) is 6.10 Å². The predicted molar refractivity (Wildman–Crippen MR) is 127 cm³/mol. The number of carbonyl (C=O) groups excluding carboxylic acids is 1. The maximum absolute atomic E-state index is 11.9. The second-order valence-electron chi connectivity index (χ2n) is 11.1. The molecule has 0 bridgehead atoms. The van der Waals surface area contributed by atoms with Crippen molar-refractivity contribution in [1.29, 1.82) is 0 Å². The van der Waals surface area contributed by atoms with Gasteiger partial charge in [-0.2, -0.15) is 0 Å². The summed E-state index contributed by atoms with van der Waals surface area (Å²) in [4.78, 5) is 11.9. The van der Waals surface area contributed by atoms with Crippen molar-refractivity contribution < 1.29 is 19.7 Å². The number of esters is 1. The Balaban J connectivity index is 1.49. The molecule has 32 heavy (non-hydrogen) atoms. The SMILES string of the molecule is C=C1C(=O)O[C@@H](C[C@@H](C)[C@H]2CC[C@H]3/C(=C/C=C4/C[C@@H](O)C[C@H](O)C4=C)CCC[C@]23C)[C@@H]1C. The number of aliphatic hydroxyl groups is 2. The van der Waals surface area contributed by atoms with Crippen LogP contribution in [0.1, 0.15) is 72.1 Å². The fraction of sp³-hybridized carbons (Fsp3) is 0.679. The Hall–Kier alpha value is -1.65. The third-order valence-electron chi connectivity index (χ3n) is 9.22. The molecule has 4 aliphatic rings. The normalized spacial score (nSPS) is 43.6. The quantitative estimate of drug-likeness (QED) is 0.462. The van der Waals surface area contributed by atoms with Gasteiger partial charge >= 0.3 is 5.97 Å². The van der Waals surface area contributed by atoms with E-state index in [1.807, 2.05) is 0 Å². The van der Waals surface area contributed by atoms with Gasteiger partial charge in [0.2, 0.25) is 0 Å². The third kappa shape index (κ3) is 4.17. The smallest absolute Gasteiger partial charge is 0.334 e. The monoisotopic (exact) mass is 440 g/mol. The first-order valence-corrected chi connectivity index (χ1v) is 12.5. The molecule has 2 N–H and O–H groups in total. The molecule has 8 atom stereocenters. The van der Waals surface area contributed by atoms with E-state index < -0.39 is 12.2 Å². The average molecular weight is 441 g/mol. The second-order valence-corrected chi connectivity index (χ2v) is 11.1. The molecule has 0 aromatic heterocycles. The molecule has 0 aromatic rings. The predicted octanol–water partition coefficient (Wildman–Crippen LogP) is 5.27. The van der Waals surface area contributed by atoms with E-state index in [0.717, 1.165) is 24.0 Å². The van der Waals surface area contributed by atoms with Crippen LogP contribution >= 0.6 is 0 Å². The Labute approximate surface area is 193 Å². The number of cyclic esters (lactones) is 1. The molecule has 4 rings (SSSR count). The summed E-state index contributed by atoms with van der Waals surface area (Å²) in [7, 11) is 0. The summed E-state index contributed by atoms with van der Waals surface area (Å²) >= 11 is 0. The van der Waals surface area contributed by atoms with Crippen molar-refractivity contribution in [3.05, 3.63) is 47.6 Å². The van der Waals surface area contributed by atoms with Gasteiger partial charge in [0.05, 0.1) is 12.2 Å². The number of fused-ring (bicyclic) bond motifs is 1. The molecule has 1 aliphatic heterocycles. The van der Waals surface area contributed by atoms with Crippen molar-refractivity contribution in [1.82, 2.24) is 0 Å². The van der Waals surface area contributed by atoms with Gasteiger partial charge in [-0.15, -0.1) is 0 Å². The number of ether oxygens (including phenoxy) is 1. The molecule has 0 spiro atoms.